The molecule has 0 bridgehead atoms. The Kier molecular flexibility index (Phi) is 14.0. The third-order valence-electron chi connectivity index (χ3n) is 9.13. The largest absolute Gasteiger partial charge is 0.490 e. The molecule has 0 fully saturated rings. The van der Waals surface area contributed by atoms with E-state index in [1.807, 2.05) is 0 Å². The number of nitro benzene ring substituents is 2. The third-order valence-corrected chi connectivity index (χ3v) is 9.13. The molecule has 45 heavy (non-hydrogen) atoms. The normalized spacial score (nSPS) is 14.6. The minimum atomic E-state index is -2.02. The van der Waals surface area contributed by atoms with Crippen molar-refractivity contribution < 1.29 is 34.4 Å². The highest BCUT2D eigenvalue weighted by atomic mass is 16.6. The standard InChI is InChI=1S/C33H49N3O9/c1-7-8-9-10-11-12-13-14-15-16-17-18-19-20-24-25(35(41)42)21-26(36(43)44)30(45-6)29(24)33(4)27(31(37)38)22(2)34(5)23(3)28(33)32(39)40/h21H,7-20H2,1-6H3,(H,37,38)(H,39,40). The van der Waals surface area contributed by atoms with E-state index in [0.717, 1.165) is 45.3 Å². The van der Waals surface area contributed by atoms with Crippen LogP contribution in [0.25, 0.3) is 0 Å². The number of nitrogens with zero attached hydrogens (tertiary/aromatic N) is 3. The molecule has 0 saturated heterocycles. The number of rotatable bonds is 20. The van der Waals surface area contributed by atoms with E-state index in [1.54, 1.807) is 0 Å². The number of hydrogen-bond donors (Lipinski definition) is 2. The molecule has 0 aromatic heterocycles. The quantitative estimate of drug-likeness (QED) is 0.0813. The van der Waals surface area contributed by atoms with Crippen molar-refractivity contribution in [2.24, 2.45) is 0 Å². The van der Waals surface area contributed by atoms with Crippen LogP contribution in [-0.4, -0.2) is 51.1 Å². The molecule has 0 aliphatic carbocycles. The summed E-state index contributed by atoms with van der Waals surface area (Å²) in [5.41, 5.74) is -3.76. The van der Waals surface area contributed by atoms with Gasteiger partial charge in [-0.25, -0.2) is 9.59 Å². The molecule has 0 saturated carbocycles. The zero-order valence-electron chi connectivity index (χ0n) is 27.6. The number of methoxy groups -OCH3 is 1. The second-order valence-corrected chi connectivity index (χ2v) is 12.0. The molecule has 1 aromatic rings. The number of carbonyl (C=O) groups is 2. The van der Waals surface area contributed by atoms with E-state index in [1.165, 1.54) is 77.7 Å². The van der Waals surface area contributed by atoms with Gasteiger partial charge < -0.3 is 19.8 Å². The summed E-state index contributed by atoms with van der Waals surface area (Å²) in [4.78, 5) is 50.0. The van der Waals surface area contributed by atoms with E-state index in [0.29, 0.717) is 6.42 Å². The summed E-state index contributed by atoms with van der Waals surface area (Å²) in [5, 5.41) is 45.3. The van der Waals surface area contributed by atoms with Gasteiger partial charge >= 0.3 is 17.6 Å². The van der Waals surface area contributed by atoms with Crippen molar-refractivity contribution in [3.05, 3.63) is 60.0 Å². The van der Waals surface area contributed by atoms with Crippen LogP contribution in [0.4, 0.5) is 11.4 Å². The molecule has 0 spiro atoms. The first-order valence-electron chi connectivity index (χ1n) is 15.9. The lowest BCUT2D eigenvalue weighted by molar-refractivity contribution is -0.395. The number of carboxylic acid groups (broad SMARTS) is 2. The van der Waals surface area contributed by atoms with Gasteiger partial charge in [-0.2, -0.15) is 0 Å². The maximum atomic E-state index is 12.8. The summed E-state index contributed by atoms with van der Waals surface area (Å²) in [7, 11) is 2.68. The Morgan fingerprint density at radius 1 is 0.800 bits per heavy atom. The number of nitro groups is 2. The van der Waals surface area contributed by atoms with Crippen LogP contribution in [0, 0.1) is 20.2 Å². The Morgan fingerprint density at radius 2 is 1.20 bits per heavy atom. The molecule has 1 aliphatic rings. The molecular formula is C33H49N3O9. The summed E-state index contributed by atoms with van der Waals surface area (Å²) < 4.78 is 5.50. The first-order valence-corrected chi connectivity index (χ1v) is 15.9. The topological polar surface area (TPSA) is 173 Å². The van der Waals surface area contributed by atoms with Crippen molar-refractivity contribution >= 4 is 23.3 Å². The fraction of sp³-hybridized carbons (Fsp3) is 0.636. The number of aliphatic carboxylic acids is 2. The maximum Gasteiger partial charge on any atom is 0.334 e. The Bertz CT molecular complexity index is 1290. The van der Waals surface area contributed by atoms with E-state index in [-0.39, 0.29) is 45.8 Å². The van der Waals surface area contributed by atoms with Gasteiger partial charge in [-0.05, 0) is 33.6 Å². The lowest BCUT2D eigenvalue weighted by atomic mass is 9.64. The van der Waals surface area contributed by atoms with E-state index < -0.39 is 38.6 Å². The minimum Gasteiger partial charge on any atom is -0.490 e. The van der Waals surface area contributed by atoms with Crippen LogP contribution in [0.5, 0.6) is 5.75 Å². The smallest absolute Gasteiger partial charge is 0.334 e. The van der Waals surface area contributed by atoms with Crippen LogP contribution in [0.1, 0.15) is 122 Å². The van der Waals surface area contributed by atoms with Crippen molar-refractivity contribution in [1.29, 1.82) is 0 Å². The molecule has 0 unspecified atom stereocenters. The lowest BCUT2D eigenvalue weighted by Crippen LogP contribution is -2.44. The molecule has 2 rings (SSSR count). The molecule has 1 heterocycles. The van der Waals surface area contributed by atoms with Crippen LogP contribution in [0.3, 0.4) is 0 Å². The van der Waals surface area contributed by atoms with E-state index in [4.69, 9.17) is 4.74 Å². The van der Waals surface area contributed by atoms with Crippen LogP contribution in [-0.2, 0) is 21.4 Å². The number of allylic oxidation sites excluding steroid dienone is 2. The van der Waals surface area contributed by atoms with Crippen LogP contribution < -0.4 is 4.74 Å². The summed E-state index contributed by atoms with van der Waals surface area (Å²) in [6, 6.07) is 0.826. The monoisotopic (exact) mass is 631 g/mol. The van der Waals surface area contributed by atoms with Gasteiger partial charge in [-0.3, -0.25) is 20.2 Å². The lowest BCUT2D eigenvalue weighted by Gasteiger charge is -2.42. The second-order valence-electron chi connectivity index (χ2n) is 12.0. The van der Waals surface area contributed by atoms with Crippen molar-refractivity contribution in [2.75, 3.05) is 14.2 Å². The second kappa shape index (κ2) is 16.9. The number of carboxylic acids is 2. The van der Waals surface area contributed by atoms with Crippen LogP contribution >= 0.6 is 0 Å². The average molecular weight is 632 g/mol. The van der Waals surface area contributed by atoms with Gasteiger partial charge in [0.15, 0.2) is 0 Å². The zero-order valence-corrected chi connectivity index (χ0v) is 27.6. The van der Waals surface area contributed by atoms with Crippen LogP contribution in [0.2, 0.25) is 0 Å². The van der Waals surface area contributed by atoms with Gasteiger partial charge in [-0.15, -0.1) is 0 Å². The fourth-order valence-electron chi connectivity index (χ4n) is 6.70. The summed E-state index contributed by atoms with van der Waals surface area (Å²) in [5.74, 6) is -3.28. The molecule has 1 aromatic carbocycles. The summed E-state index contributed by atoms with van der Waals surface area (Å²) >= 11 is 0. The molecule has 250 valence electrons. The Balaban J connectivity index is 2.50. The van der Waals surface area contributed by atoms with Crippen molar-refractivity contribution in [3.8, 4) is 5.75 Å². The average Bonchev–Trinajstić information content (AvgIpc) is 2.97. The fourth-order valence-corrected chi connectivity index (χ4v) is 6.70. The predicted octanol–water partition coefficient (Wildman–Crippen LogP) is 8.07. The highest BCUT2D eigenvalue weighted by molar-refractivity contribution is 6.01. The maximum absolute atomic E-state index is 12.8. The van der Waals surface area contributed by atoms with E-state index in [2.05, 4.69) is 6.92 Å². The van der Waals surface area contributed by atoms with E-state index in [9.17, 15) is 40.0 Å². The van der Waals surface area contributed by atoms with Gasteiger partial charge in [0.1, 0.15) is 0 Å². The highest BCUT2D eigenvalue weighted by Gasteiger charge is 2.53. The number of hydrogen-bond acceptors (Lipinski definition) is 8. The molecular weight excluding hydrogens is 582 g/mol. The Labute approximate surface area is 265 Å². The van der Waals surface area contributed by atoms with Gasteiger partial charge in [0.2, 0.25) is 5.75 Å². The summed E-state index contributed by atoms with van der Waals surface area (Å²) in [6.07, 6.45) is 14.3. The summed E-state index contributed by atoms with van der Waals surface area (Å²) in [6.45, 7) is 6.57. The van der Waals surface area contributed by atoms with Crippen molar-refractivity contribution in [3.63, 3.8) is 0 Å². The molecule has 12 heteroatoms. The van der Waals surface area contributed by atoms with Crippen LogP contribution in [0.15, 0.2) is 28.6 Å². The zero-order chi connectivity index (χ0) is 33.9. The van der Waals surface area contributed by atoms with Crippen molar-refractivity contribution in [2.45, 2.75) is 123 Å². The van der Waals surface area contributed by atoms with Gasteiger partial charge in [0, 0.05) is 29.6 Å². The molecule has 1 aliphatic heterocycles. The van der Waals surface area contributed by atoms with Gasteiger partial charge in [-0.1, -0.05) is 84.0 Å². The molecule has 12 nitrogen and oxygen atoms in total. The molecule has 0 amide bonds. The highest BCUT2D eigenvalue weighted by Crippen LogP contribution is 2.54. The molecule has 0 radical (unpaired) electrons. The SMILES string of the molecule is CCCCCCCCCCCCCCCc1c([N+](=O)[O-])cc([N+](=O)[O-])c(OC)c1C1(C)C(C(=O)O)=C(C)N(C)C(C)=C1C(=O)O. The number of benzene rings is 1. The van der Waals surface area contributed by atoms with Gasteiger partial charge in [0.05, 0.1) is 39.6 Å². The van der Waals surface area contributed by atoms with E-state index >= 15 is 0 Å². The number of ether oxygens (including phenoxy) is 1. The minimum absolute atomic E-state index is 0.0377. The Hall–Kier alpha value is -3.96. The molecule has 2 N–H and O–H groups in total. The van der Waals surface area contributed by atoms with Gasteiger partial charge in [0.25, 0.3) is 5.69 Å². The molecule has 0 atom stereocenters. The Morgan fingerprint density at radius 3 is 1.56 bits per heavy atom. The number of unbranched alkanes of at least 4 members (excludes halogenated alkanes) is 12. The van der Waals surface area contributed by atoms with Crippen molar-refractivity contribution in [1.82, 2.24) is 4.90 Å². The first kappa shape index (κ1) is 37.2. The predicted molar refractivity (Wildman–Crippen MR) is 171 cm³/mol. The first-order chi connectivity index (χ1) is 21.3. The third kappa shape index (κ3) is 8.40.